The summed E-state index contributed by atoms with van der Waals surface area (Å²) in [7, 11) is 0. The lowest BCUT2D eigenvalue weighted by molar-refractivity contribution is 0.104. The Bertz CT molecular complexity index is 993. The zero-order valence-corrected chi connectivity index (χ0v) is 14.5. The average Bonchev–Trinajstić information content (AvgIpc) is 3.23. The Labute approximate surface area is 148 Å². The maximum absolute atomic E-state index is 13.1. The normalized spacial score (nSPS) is 11.4. The van der Waals surface area contributed by atoms with E-state index in [1.807, 2.05) is 19.9 Å². The molecule has 0 aliphatic heterocycles. The van der Waals surface area contributed by atoms with Crippen LogP contribution in [-0.4, -0.2) is 15.6 Å². The molecule has 0 aliphatic rings. The summed E-state index contributed by atoms with van der Waals surface area (Å²) >= 11 is 1.30. The highest BCUT2D eigenvalue weighted by Crippen LogP contribution is 2.23. The van der Waals surface area contributed by atoms with Crippen molar-refractivity contribution < 1.29 is 9.18 Å². The molecule has 6 heteroatoms. The summed E-state index contributed by atoms with van der Waals surface area (Å²) in [6, 6.07) is 11.4. The van der Waals surface area contributed by atoms with E-state index in [1.54, 1.807) is 40.4 Å². The van der Waals surface area contributed by atoms with Gasteiger partial charge >= 0.3 is 0 Å². The molecular weight excluding hydrogens is 337 g/mol. The molecule has 0 amide bonds. The van der Waals surface area contributed by atoms with Gasteiger partial charge in [0.1, 0.15) is 17.5 Å². The maximum Gasteiger partial charge on any atom is 0.213 e. The van der Waals surface area contributed by atoms with Gasteiger partial charge in [0.05, 0.1) is 16.3 Å². The highest BCUT2D eigenvalue weighted by Gasteiger charge is 2.17. The summed E-state index contributed by atoms with van der Waals surface area (Å²) in [4.78, 5) is 13.0. The van der Waals surface area contributed by atoms with Crippen molar-refractivity contribution >= 4 is 23.2 Å². The fraction of sp³-hybridized carbons (Fsp3) is 0.105. The van der Waals surface area contributed by atoms with E-state index in [2.05, 4.69) is 5.10 Å². The van der Waals surface area contributed by atoms with Crippen molar-refractivity contribution in [1.29, 1.82) is 5.26 Å². The second-order valence-corrected chi connectivity index (χ2v) is 6.40. The molecule has 0 saturated heterocycles. The van der Waals surface area contributed by atoms with Crippen molar-refractivity contribution in [2.24, 2.45) is 0 Å². The smallest absolute Gasteiger partial charge is 0.213 e. The van der Waals surface area contributed by atoms with Gasteiger partial charge in [-0.1, -0.05) is 6.07 Å². The quantitative estimate of drug-likeness (QED) is 0.396. The molecule has 4 nitrogen and oxygen atoms in total. The summed E-state index contributed by atoms with van der Waals surface area (Å²) < 4.78 is 14.8. The first kappa shape index (κ1) is 16.8. The highest BCUT2D eigenvalue weighted by molar-refractivity contribution is 7.12. The van der Waals surface area contributed by atoms with Gasteiger partial charge in [-0.05, 0) is 55.6 Å². The Morgan fingerprint density at radius 3 is 2.60 bits per heavy atom. The standard InChI is InChI=1S/C19H14FN3OS/c1-12-17(10-14(11-21)19(24)18-4-3-9-25-18)13(2)23(22-12)16-7-5-15(20)6-8-16/h3-10H,1-2H3/b14-10+. The third kappa shape index (κ3) is 3.28. The number of rotatable bonds is 4. The first-order valence-corrected chi connectivity index (χ1v) is 8.41. The number of allylic oxidation sites excluding steroid dienone is 1. The Morgan fingerprint density at radius 1 is 1.28 bits per heavy atom. The molecule has 0 spiro atoms. The third-order valence-corrected chi connectivity index (χ3v) is 4.69. The lowest BCUT2D eigenvalue weighted by atomic mass is 10.1. The average molecular weight is 351 g/mol. The number of Topliss-reactive ketones (excluding diaryl/α,β-unsaturated/α-hetero) is 1. The molecule has 0 radical (unpaired) electrons. The van der Waals surface area contributed by atoms with Gasteiger partial charge in [-0.15, -0.1) is 11.3 Å². The summed E-state index contributed by atoms with van der Waals surface area (Å²) in [6.45, 7) is 3.66. The number of hydrogen-bond donors (Lipinski definition) is 0. The predicted octanol–water partition coefficient (Wildman–Crippen LogP) is 4.48. The van der Waals surface area contributed by atoms with Gasteiger partial charge in [0.15, 0.2) is 0 Å². The molecule has 0 N–H and O–H groups in total. The minimum atomic E-state index is -0.321. The molecule has 2 aromatic heterocycles. The molecule has 0 bridgehead atoms. The second kappa shape index (κ2) is 6.83. The molecule has 0 fully saturated rings. The van der Waals surface area contributed by atoms with Crippen LogP contribution in [0.5, 0.6) is 0 Å². The summed E-state index contributed by atoms with van der Waals surface area (Å²) in [6.07, 6.45) is 1.57. The van der Waals surface area contributed by atoms with Gasteiger partial charge in [0.2, 0.25) is 5.78 Å². The second-order valence-electron chi connectivity index (χ2n) is 5.45. The van der Waals surface area contributed by atoms with Crippen LogP contribution in [0.4, 0.5) is 4.39 Å². The minimum absolute atomic E-state index is 0.0623. The lowest BCUT2D eigenvalue weighted by Gasteiger charge is -2.04. The molecule has 0 saturated carbocycles. The number of nitrogens with zero attached hydrogens (tertiary/aromatic N) is 3. The van der Waals surface area contributed by atoms with Crippen LogP contribution in [0.1, 0.15) is 26.6 Å². The summed E-state index contributed by atoms with van der Waals surface area (Å²) in [5.74, 6) is -0.621. The number of aryl methyl sites for hydroxylation is 1. The summed E-state index contributed by atoms with van der Waals surface area (Å²) in [5, 5.41) is 15.6. The van der Waals surface area contributed by atoms with Crippen LogP contribution < -0.4 is 0 Å². The van der Waals surface area contributed by atoms with Gasteiger partial charge in [-0.2, -0.15) is 10.4 Å². The Morgan fingerprint density at radius 2 is 2.00 bits per heavy atom. The van der Waals surface area contributed by atoms with E-state index in [4.69, 9.17) is 0 Å². The number of thiophene rings is 1. The number of aromatic nitrogens is 2. The van der Waals surface area contributed by atoms with E-state index in [9.17, 15) is 14.4 Å². The molecule has 124 valence electrons. The molecular formula is C19H14FN3OS. The van der Waals surface area contributed by atoms with E-state index in [0.29, 0.717) is 21.8 Å². The first-order valence-electron chi connectivity index (χ1n) is 7.53. The van der Waals surface area contributed by atoms with Gasteiger partial charge in [-0.25, -0.2) is 9.07 Å². The fourth-order valence-corrected chi connectivity index (χ4v) is 3.21. The van der Waals surface area contributed by atoms with Crippen molar-refractivity contribution in [2.75, 3.05) is 0 Å². The van der Waals surface area contributed by atoms with E-state index >= 15 is 0 Å². The largest absolute Gasteiger partial charge is 0.287 e. The molecule has 0 unspecified atom stereocenters. The third-order valence-electron chi connectivity index (χ3n) is 3.82. The van der Waals surface area contributed by atoms with E-state index in [0.717, 1.165) is 5.69 Å². The number of nitriles is 1. The fourth-order valence-electron chi connectivity index (χ4n) is 2.53. The number of hydrogen-bond acceptors (Lipinski definition) is 4. The zero-order chi connectivity index (χ0) is 18.0. The van der Waals surface area contributed by atoms with E-state index in [1.165, 1.54) is 23.5 Å². The van der Waals surface area contributed by atoms with Crippen molar-refractivity contribution in [1.82, 2.24) is 9.78 Å². The topological polar surface area (TPSA) is 58.7 Å². The zero-order valence-electron chi connectivity index (χ0n) is 13.7. The summed E-state index contributed by atoms with van der Waals surface area (Å²) in [5.41, 5.74) is 2.95. The maximum atomic E-state index is 13.1. The number of benzene rings is 1. The molecule has 3 aromatic rings. The van der Waals surface area contributed by atoms with Crippen LogP contribution in [0.3, 0.4) is 0 Å². The Balaban J connectivity index is 2.04. The highest BCUT2D eigenvalue weighted by atomic mass is 32.1. The molecule has 0 atom stereocenters. The molecule has 0 aliphatic carbocycles. The van der Waals surface area contributed by atoms with E-state index < -0.39 is 0 Å². The first-order chi connectivity index (χ1) is 12.0. The van der Waals surface area contributed by atoms with Crippen LogP contribution in [0.25, 0.3) is 11.8 Å². The van der Waals surface area contributed by atoms with Gasteiger partial charge in [0.25, 0.3) is 0 Å². The van der Waals surface area contributed by atoms with Crippen LogP contribution in [-0.2, 0) is 0 Å². The van der Waals surface area contributed by atoms with Crippen molar-refractivity contribution in [3.63, 3.8) is 0 Å². The Kier molecular flexibility index (Phi) is 4.59. The van der Waals surface area contributed by atoms with Crippen molar-refractivity contribution in [3.8, 4) is 11.8 Å². The number of carbonyl (C=O) groups is 1. The van der Waals surface area contributed by atoms with Gasteiger partial charge < -0.3 is 0 Å². The molecule has 3 rings (SSSR count). The van der Waals surface area contributed by atoms with Crippen molar-refractivity contribution in [2.45, 2.75) is 13.8 Å². The minimum Gasteiger partial charge on any atom is -0.287 e. The number of carbonyl (C=O) groups excluding carboxylic acids is 1. The van der Waals surface area contributed by atoms with Crippen molar-refractivity contribution in [3.05, 3.63) is 75.0 Å². The number of ketones is 1. The Hall–Kier alpha value is -3.04. The lowest BCUT2D eigenvalue weighted by Crippen LogP contribution is -2.00. The molecule has 1 aromatic carbocycles. The van der Waals surface area contributed by atoms with Crippen LogP contribution >= 0.6 is 11.3 Å². The predicted molar refractivity (Wildman–Crippen MR) is 95.2 cm³/mol. The van der Waals surface area contributed by atoms with E-state index in [-0.39, 0.29) is 17.2 Å². The van der Waals surface area contributed by atoms with Crippen LogP contribution in [0.15, 0.2) is 47.4 Å². The van der Waals surface area contributed by atoms with Gasteiger partial charge in [0, 0.05) is 11.3 Å². The van der Waals surface area contributed by atoms with Crippen LogP contribution in [0.2, 0.25) is 0 Å². The van der Waals surface area contributed by atoms with Gasteiger partial charge in [-0.3, -0.25) is 4.79 Å². The SMILES string of the molecule is Cc1nn(-c2ccc(F)cc2)c(C)c1/C=C(\C#N)C(=O)c1cccs1. The number of halogens is 1. The molecule has 25 heavy (non-hydrogen) atoms. The van der Waals surface area contributed by atoms with Crippen LogP contribution in [0, 0.1) is 31.0 Å². The molecule has 2 heterocycles. The monoisotopic (exact) mass is 351 g/mol.